The molecular weight excluding hydrogens is 379 g/mol. The second-order valence-electron chi connectivity index (χ2n) is 6.54. The van der Waals surface area contributed by atoms with Gasteiger partial charge in [0.25, 0.3) is 0 Å². The van der Waals surface area contributed by atoms with Crippen LogP contribution in [0.5, 0.6) is 0 Å². The zero-order valence-corrected chi connectivity index (χ0v) is 16.1. The smallest absolute Gasteiger partial charge is 0.142 e. The molecule has 0 saturated carbocycles. The summed E-state index contributed by atoms with van der Waals surface area (Å²) < 4.78 is 13.4. The zero-order valence-electron chi connectivity index (χ0n) is 16.1. The second-order valence-corrected chi connectivity index (χ2v) is 6.54. The molecule has 0 spiro atoms. The van der Waals surface area contributed by atoms with Gasteiger partial charge in [-0.2, -0.15) is 5.10 Å². The summed E-state index contributed by atoms with van der Waals surface area (Å²) in [5.74, 6) is -0.430. The van der Waals surface area contributed by atoms with Crippen molar-refractivity contribution in [3.63, 3.8) is 0 Å². The highest BCUT2D eigenvalue weighted by Gasteiger charge is 2.12. The van der Waals surface area contributed by atoms with Gasteiger partial charge in [0.1, 0.15) is 11.5 Å². The third-order valence-corrected chi connectivity index (χ3v) is 4.39. The van der Waals surface area contributed by atoms with Gasteiger partial charge in [0.2, 0.25) is 0 Å². The van der Waals surface area contributed by atoms with Crippen LogP contribution in [-0.4, -0.2) is 20.2 Å². The van der Waals surface area contributed by atoms with Crippen molar-refractivity contribution in [3.8, 4) is 11.3 Å². The SMILES string of the molecule is C=C(Nc1c[nH]nc1C(=C)Nc1ccc(-c2ccccc2)nc1)c1cncc(F)c1. The summed E-state index contributed by atoms with van der Waals surface area (Å²) >= 11 is 0. The summed E-state index contributed by atoms with van der Waals surface area (Å²) in [7, 11) is 0. The molecule has 0 atom stereocenters. The lowest BCUT2D eigenvalue weighted by Crippen LogP contribution is -2.04. The number of halogens is 1. The van der Waals surface area contributed by atoms with E-state index in [1.54, 1.807) is 12.4 Å². The molecular formula is C23H19FN6. The van der Waals surface area contributed by atoms with E-state index in [0.717, 1.165) is 23.1 Å². The maximum atomic E-state index is 13.4. The topological polar surface area (TPSA) is 78.5 Å². The molecule has 0 aliphatic heterocycles. The van der Waals surface area contributed by atoms with Gasteiger partial charge in [-0.1, -0.05) is 43.5 Å². The van der Waals surface area contributed by atoms with Crippen LogP contribution < -0.4 is 10.6 Å². The van der Waals surface area contributed by atoms with E-state index in [0.29, 0.717) is 28.3 Å². The molecule has 6 nitrogen and oxygen atoms in total. The monoisotopic (exact) mass is 398 g/mol. The average Bonchev–Trinajstić information content (AvgIpc) is 3.23. The van der Waals surface area contributed by atoms with Crippen LogP contribution in [0.1, 0.15) is 11.3 Å². The molecule has 7 heteroatoms. The lowest BCUT2D eigenvalue weighted by atomic mass is 10.1. The maximum Gasteiger partial charge on any atom is 0.142 e. The van der Waals surface area contributed by atoms with Crippen LogP contribution in [0.3, 0.4) is 0 Å². The summed E-state index contributed by atoms with van der Waals surface area (Å²) in [6.07, 6.45) is 6.09. The maximum absolute atomic E-state index is 13.4. The van der Waals surface area contributed by atoms with Crippen molar-refractivity contribution >= 4 is 22.8 Å². The van der Waals surface area contributed by atoms with Crippen molar-refractivity contribution in [2.75, 3.05) is 10.6 Å². The summed E-state index contributed by atoms with van der Waals surface area (Å²) in [6, 6.07) is 15.2. The van der Waals surface area contributed by atoms with Crippen molar-refractivity contribution < 1.29 is 4.39 Å². The van der Waals surface area contributed by atoms with E-state index in [2.05, 4.69) is 44.0 Å². The molecule has 1 aromatic carbocycles. The number of aromatic nitrogens is 4. The van der Waals surface area contributed by atoms with Crippen molar-refractivity contribution in [1.29, 1.82) is 0 Å². The molecule has 0 bridgehead atoms. The number of rotatable bonds is 7. The van der Waals surface area contributed by atoms with Crippen LogP contribution in [0.4, 0.5) is 15.8 Å². The first-order valence-corrected chi connectivity index (χ1v) is 9.18. The van der Waals surface area contributed by atoms with E-state index in [4.69, 9.17) is 0 Å². The van der Waals surface area contributed by atoms with Gasteiger partial charge in [-0.3, -0.25) is 15.1 Å². The fraction of sp³-hybridized carbons (Fsp3) is 0. The molecule has 0 amide bonds. The molecule has 0 unspecified atom stereocenters. The Kier molecular flexibility index (Phi) is 5.34. The minimum Gasteiger partial charge on any atom is -0.353 e. The fourth-order valence-electron chi connectivity index (χ4n) is 2.91. The molecule has 0 aliphatic rings. The molecule has 4 rings (SSSR count). The van der Waals surface area contributed by atoms with E-state index < -0.39 is 5.82 Å². The van der Waals surface area contributed by atoms with Gasteiger partial charge in [-0.25, -0.2) is 4.39 Å². The molecule has 4 aromatic rings. The lowest BCUT2D eigenvalue weighted by molar-refractivity contribution is 0.621. The first-order valence-electron chi connectivity index (χ1n) is 9.18. The predicted molar refractivity (Wildman–Crippen MR) is 118 cm³/mol. The van der Waals surface area contributed by atoms with E-state index in [-0.39, 0.29) is 0 Å². The quantitative estimate of drug-likeness (QED) is 0.400. The van der Waals surface area contributed by atoms with E-state index in [9.17, 15) is 4.39 Å². The van der Waals surface area contributed by atoms with Crippen molar-refractivity contribution in [2.45, 2.75) is 0 Å². The highest BCUT2D eigenvalue weighted by atomic mass is 19.1. The number of anilines is 2. The number of nitrogens with one attached hydrogen (secondary N) is 3. The van der Waals surface area contributed by atoms with Gasteiger partial charge in [0, 0.05) is 29.2 Å². The zero-order chi connectivity index (χ0) is 20.9. The Morgan fingerprint density at radius 2 is 1.77 bits per heavy atom. The van der Waals surface area contributed by atoms with Gasteiger partial charge in [0.15, 0.2) is 0 Å². The van der Waals surface area contributed by atoms with Crippen LogP contribution in [0.2, 0.25) is 0 Å². The molecule has 3 heterocycles. The van der Waals surface area contributed by atoms with Crippen LogP contribution in [0, 0.1) is 5.82 Å². The van der Waals surface area contributed by atoms with E-state index in [1.165, 1.54) is 12.3 Å². The van der Waals surface area contributed by atoms with E-state index >= 15 is 0 Å². The molecule has 0 aliphatic carbocycles. The molecule has 30 heavy (non-hydrogen) atoms. The number of hydrogen-bond donors (Lipinski definition) is 3. The Morgan fingerprint density at radius 1 is 0.933 bits per heavy atom. The molecule has 3 aromatic heterocycles. The number of aromatic amines is 1. The Balaban J connectivity index is 1.46. The summed E-state index contributed by atoms with van der Waals surface area (Å²) in [5, 5.41) is 13.4. The summed E-state index contributed by atoms with van der Waals surface area (Å²) in [4.78, 5) is 8.34. The molecule has 148 valence electrons. The second kappa shape index (κ2) is 8.40. The van der Waals surface area contributed by atoms with Gasteiger partial charge < -0.3 is 10.6 Å². The number of hydrogen-bond acceptors (Lipinski definition) is 5. The van der Waals surface area contributed by atoms with Gasteiger partial charge >= 0.3 is 0 Å². The number of pyridine rings is 2. The average molecular weight is 398 g/mol. The summed E-state index contributed by atoms with van der Waals surface area (Å²) in [5.41, 5.74) is 5.54. The normalized spacial score (nSPS) is 10.4. The van der Waals surface area contributed by atoms with Crippen LogP contribution >= 0.6 is 0 Å². The van der Waals surface area contributed by atoms with Crippen LogP contribution in [0.25, 0.3) is 22.7 Å². The predicted octanol–water partition coefficient (Wildman–Crippen LogP) is 5.17. The molecule has 0 radical (unpaired) electrons. The number of nitrogens with zero attached hydrogens (tertiary/aromatic N) is 3. The molecule has 3 N–H and O–H groups in total. The van der Waals surface area contributed by atoms with Crippen molar-refractivity contribution in [2.24, 2.45) is 0 Å². The third-order valence-electron chi connectivity index (χ3n) is 4.39. The Labute approximate surface area is 173 Å². The first-order chi connectivity index (χ1) is 14.6. The van der Waals surface area contributed by atoms with Crippen molar-refractivity contribution in [3.05, 3.63) is 104 Å². The van der Waals surface area contributed by atoms with E-state index in [1.807, 2.05) is 42.5 Å². The summed E-state index contributed by atoms with van der Waals surface area (Å²) in [6.45, 7) is 8.01. The minimum atomic E-state index is -0.430. The van der Waals surface area contributed by atoms with Crippen LogP contribution in [0.15, 0.2) is 86.5 Å². The van der Waals surface area contributed by atoms with Gasteiger partial charge in [0.05, 0.1) is 35.2 Å². The number of H-pyrrole nitrogens is 1. The van der Waals surface area contributed by atoms with Gasteiger partial charge in [-0.15, -0.1) is 0 Å². The Bertz CT molecular complexity index is 1180. The Morgan fingerprint density at radius 3 is 2.50 bits per heavy atom. The highest BCUT2D eigenvalue weighted by molar-refractivity contribution is 5.84. The van der Waals surface area contributed by atoms with Gasteiger partial charge in [-0.05, 0) is 18.2 Å². The minimum absolute atomic E-state index is 0.430. The fourth-order valence-corrected chi connectivity index (χ4v) is 2.91. The Hall–Kier alpha value is -4.26. The number of benzene rings is 1. The molecule has 0 fully saturated rings. The standard InChI is InChI=1S/C23H19FN6/c1-15(18-10-19(24)12-25-11-18)29-22-14-27-30-23(22)16(2)28-20-8-9-21(26-13-20)17-6-4-3-5-7-17/h3-14,28-29H,1-2H2,(H,27,30). The third kappa shape index (κ3) is 4.25. The first kappa shape index (κ1) is 19.1. The van der Waals surface area contributed by atoms with Crippen molar-refractivity contribution in [1.82, 2.24) is 20.2 Å². The van der Waals surface area contributed by atoms with Crippen LogP contribution in [-0.2, 0) is 0 Å². The highest BCUT2D eigenvalue weighted by Crippen LogP contribution is 2.26. The lowest BCUT2D eigenvalue weighted by Gasteiger charge is -2.12. The largest absolute Gasteiger partial charge is 0.353 e. The molecule has 0 saturated heterocycles.